The molecule has 8 aromatic carbocycles. The molecule has 284 valence electrons. The van der Waals surface area contributed by atoms with Crippen LogP contribution >= 0.6 is 0 Å². The van der Waals surface area contributed by atoms with Crippen molar-refractivity contribution in [3.8, 4) is 45.4 Å². The Morgan fingerprint density at radius 3 is 1.69 bits per heavy atom. The highest BCUT2D eigenvalue weighted by molar-refractivity contribution is 6.29. The number of hydrogen-bond acceptors (Lipinski definition) is 4. The molecule has 0 radical (unpaired) electrons. The summed E-state index contributed by atoms with van der Waals surface area (Å²) in [5.41, 5.74) is 12.9. The topological polar surface area (TPSA) is 61.7 Å². The van der Waals surface area contributed by atoms with Crippen molar-refractivity contribution in [2.24, 2.45) is 0 Å². The summed E-state index contributed by atoms with van der Waals surface area (Å²) in [6.07, 6.45) is 0. The maximum absolute atomic E-state index is 6.36. The summed E-state index contributed by atoms with van der Waals surface area (Å²) in [5.74, 6) is 1.47. The fraction of sp³-hybridized carbons (Fsp3) is 0. The average Bonchev–Trinajstić information content (AvgIpc) is 3.99. The maximum atomic E-state index is 6.36. The zero-order valence-electron chi connectivity index (χ0n) is 32.7. The highest BCUT2D eigenvalue weighted by Gasteiger charge is 2.23. The van der Waals surface area contributed by atoms with Gasteiger partial charge in [-0.15, -0.1) is 0 Å². The van der Waals surface area contributed by atoms with Crippen LogP contribution in [0.15, 0.2) is 205 Å². The van der Waals surface area contributed by atoms with Gasteiger partial charge in [-0.05, 0) is 71.8 Å². The average molecular weight is 780 g/mol. The van der Waals surface area contributed by atoms with E-state index in [9.17, 15) is 0 Å². The first-order valence-electron chi connectivity index (χ1n) is 20.5. The molecule has 6 heteroatoms. The molecule has 61 heavy (non-hydrogen) atoms. The van der Waals surface area contributed by atoms with Crippen LogP contribution in [0.4, 0.5) is 0 Å². The summed E-state index contributed by atoms with van der Waals surface area (Å²) in [4.78, 5) is 16.1. The van der Waals surface area contributed by atoms with Gasteiger partial charge in [0.25, 0.3) is 0 Å². The van der Waals surface area contributed by atoms with Crippen molar-refractivity contribution in [1.82, 2.24) is 24.1 Å². The number of pyridine rings is 1. The molecule has 0 bridgehead atoms. The molecule has 0 N–H and O–H groups in total. The summed E-state index contributed by atoms with van der Waals surface area (Å²) in [7, 11) is 0. The fourth-order valence-corrected chi connectivity index (χ4v) is 9.42. The van der Waals surface area contributed by atoms with Gasteiger partial charge in [-0.1, -0.05) is 140 Å². The second-order valence-corrected chi connectivity index (χ2v) is 15.6. The lowest BCUT2D eigenvalue weighted by atomic mass is 10.0. The van der Waals surface area contributed by atoms with Crippen LogP contribution in [0.3, 0.4) is 0 Å². The minimum Gasteiger partial charge on any atom is -0.456 e. The van der Waals surface area contributed by atoms with E-state index in [1.54, 1.807) is 0 Å². The molecule has 6 nitrogen and oxygen atoms in total. The quantitative estimate of drug-likeness (QED) is 0.175. The van der Waals surface area contributed by atoms with E-state index in [0.717, 1.165) is 116 Å². The predicted molar refractivity (Wildman–Crippen MR) is 250 cm³/mol. The monoisotopic (exact) mass is 779 g/mol. The molecule has 0 unspecified atom stereocenters. The van der Waals surface area contributed by atoms with Gasteiger partial charge >= 0.3 is 0 Å². The number of fused-ring (bicyclic) bond motifs is 11. The van der Waals surface area contributed by atoms with Crippen molar-refractivity contribution in [2.45, 2.75) is 0 Å². The van der Waals surface area contributed by atoms with E-state index in [2.05, 4.69) is 185 Å². The van der Waals surface area contributed by atoms with Crippen LogP contribution in [-0.4, -0.2) is 24.1 Å². The molecule has 13 aromatic rings. The number of furan rings is 1. The highest BCUT2D eigenvalue weighted by Crippen LogP contribution is 2.43. The Labute approximate surface area is 349 Å². The van der Waals surface area contributed by atoms with Gasteiger partial charge in [-0.25, -0.2) is 15.0 Å². The molecule has 5 heterocycles. The third kappa shape index (κ3) is 5.12. The van der Waals surface area contributed by atoms with E-state index >= 15 is 0 Å². The zero-order valence-corrected chi connectivity index (χ0v) is 32.7. The first-order valence-corrected chi connectivity index (χ1v) is 20.5. The largest absolute Gasteiger partial charge is 0.456 e. The van der Waals surface area contributed by atoms with Gasteiger partial charge in [0.05, 0.1) is 39.0 Å². The summed E-state index contributed by atoms with van der Waals surface area (Å²) < 4.78 is 10.9. The van der Waals surface area contributed by atoms with Crippen molar-refractivity contribution in [3.63, 3.8) is 0 Å². The van der Waals surface area contributed by atoms with Crippen molar-refractivity contribution in [1.29, 1.82) is 0 Å². The van der Waals surface area contributed by atoms with Crippen molar-refractivity contribution < 1.29 is 4.42 Å². The predicted octanol–water partition coefficient (Wildman–Crippen LogP) is 14.1. The number of benzene rings is 8. The van der Waals surface area contributed by atoms with Crippen LogP contribution < -0.4 is 0 Å². The molecular formula is C55H33N5O. The van der Waals surface area contributed by atoms with E-state index in [-0.39, 0.29) is 0 Å². The minimum atomic E-state index is 0.609. The lowest BCUT2D eigenvalue weighted by Crippen LogP contribution is -2.03. The molecule has 0 atom stereocenters. The number of nitrogens with zero attached hydrogens (tertiary/aromatic N) is 5. The Morgan fingerprint density at radius 2 is 0.934 bits per heavy atom. The second kappa shape index (κ2) is 13.1. The van der Waals surface area contributed by atoms with Crippen LogP contribution in [-0.2, 0) is 0 Å². The number of hydrogen-bond donors (Lipinski definition) is 0. The number of aromatic nitrogens is 5. The third-order valence-electron chi connectivity index (χ3n) is 12.1. The summed E-state index contributed by atoms with van der Waals surface area (Å²) >= 11 is 0. The molecule has 0 saturated heterocycles. The first kappa shape index (κ1) is 33.6. The molecule has 13 rings (SSSR count). The van der Waals surface area contributed by atoms with Crippen LogP contribution in [0, 0.1) is 0 Å². The normalized spacial score (nSPS) is 11.9. The molecule has 5 aromatic heterocycles. The van der Waals surface area contributed by atoms with E-state index in [4.69, 9.17) is 19.4 Å². The molecule has 0 saturated carbocycles. The van der Waals surface area contributed by atoms with Crippen LogP contribution in [0.1, 0.15) is 0 Å². The first-order chi connectivity index (χ1) is 30.2. The SMILES string of the molecule is c1ccc(-c2cc(-c3ccccc3)nc(-n3c4ccccc4c4c5c6ccccc6n(-c6nc(-c7ccc8c(c7)oc7ccccc78)c7ccccc7n6)c5ccc43)c2)cc1. The summed E-state index contributed by atoms with van der Waals surface area (Å²) in [6, 6.07) is 70.0. The van der Waals surface area contributed by atoms with Crippen molar-refractivity contribution in [2.75, 3.05) is 0 Å². The molecule has 0 amide bonds. The fourth-order valence-electron chi connectivity index (χ4n) is 9.42. The third-order valence-corrected chi connectivity index (χ3v) is 12.1. The van der Waals surface area contributed by atoms with Crippen LogP contribution in [0.25, 0.3) is 122 Å². The maximum Gasteiger partial charge on any atom is 0.235 e. The van der Waals surface area contributed by atoms with Gasteiger partial charge in [0, 0.05) is 48.8 Å². The summed E-state index contributed by atoms with van der Waals surface area (Å²) in [5, 5.41) is 7.75. The van der Waals surface area contributed by atoms with Gasteiger partial charge in [0.1, 0.15) is 17.0 Å². The second-order valence-electron chi connectivity index (χ2n) is 15.6. The molecule has 0 aliphatic heterocycles. The molecule has 0 fully saturated rings. The highest BCUT2D eigenvalue weighted by atomic mass is 16.3. The standard InChI is InChI=1S/C55H33N5O/c1-3-15-34(16-4-1)37-31-44(35-17-5-2-6-18-35)56-51(33-37)59-45-24-12-8-21-41(45)52-47(59)29-30-48-53(52)42-22-9-13-25-46(42)60(48)55-57-43-23-11-7-20-40(43)54(58-55)36-27-28-39-38-19-10-14-26-49(38)61-50(39)32-36/h1-33H. The van der Waals surface area contributed by atoms with Crippen LogP contribution in [0.2, 0.25) is 0 Å². The Bertz CT molecular complexity index is 3820. The zero-order chi connectivity index (χ0) is 40.0. The van der Waals surface area contributed by atoms with Gasteiger partial charge in [-0.3, -0.25) is 9.13 Å². The van der Waals surface area contributed by atoms with E-state index in [1.165, 1.54) is 0 Å². The van der Waals surface area contributed by atoms with Gasteiger partial charge in [-0.2, -0.15) is 0 Å². The van der Waals surface area contributed by atoms with Gasteiger partial charge < -0.3 is 4.42 Å². The van der Waals surface area contributed by atoms with Crippen molar-refractivity contribution >= 4 is 76.5 Å². The Kier molecular flexibility index (Phi) is 7.21. The Hall–Kier alpha value is -8.35. The molecule has 0 aliphatic carbocycles. The Balaban J connectivity index is 1.08. The summed E-state index contributed by atoms with van der Waals surface area (Å²) in [6.45, 7) is 0. The number of para-hydroxylation sites is 4. The minimum absolute atomic E-state index is 0.609. The van der Waals surface area contributed by atoms with E-state index in [0.29, 0.717) is 5.95 Å². The van der Waals surface area contributed by atoms with Gasteiger partial charge in [0.2, 0.25) is 5.95 Å². The van der Waals surface area contributed by atoms with E-state index in [1.807, 2.05) is 24.3 Å². The van der Waals surface area contributed by atoms with Gasteiger partial charge in [0.15, 0.2) is 0 Å². The lowest BCUT2D eigenvalue weighted by Gasteiger charge is -2.13. The van der Waals surface area contributed by atoms with Crippen molar-refractivity contribution in [3.05, 3.63) is 200 Å². The molecule has 0 aliphatic rings. The van der Waals surface area contributed by atoms with E-state index < -0.39 is 0 Å². The Morgan fingerprint density at radius 1 is 0.344 bits per heavy atom. The van der Waals surface area contributed by atoms with Crippen LogP contribution in [0.5, 0.6) is 0 Å². The molecular weight excluding hydrogens is 747 g/mol. The smallest absolute Gasteiger partial charge is 0.235 e. The number of rotatable bonds is 5. The molecule has 0 spiro atoms. The lowest BCUT2D eigenvalue weighted by molar-refractivity contribution is 0.669.